The van der Waals surface area contributed by atoms with Gasteiger partial charge in [0, 0.05) is 49.5 Å². The second-order valence-corrected chi connectivity index (χ2v) is 9.29. The first-order valence-electron chi connectivity index (χ1n) is 12.2. The van der Waals surface area contributed by atoms with Crippen LogP contribution in [0.1, 0.15) is 53.2 Å². The maximum absolute atomic E-state index is 15.0. The van der Waals surface area contributed by atoms with Gasteiger partial charge < -0.3 is 15.4 Å². The van der Waals surface area contributed by atoms with Crippen molar-refractivity contribution in [3.63, 3.8) is 0 Å². The summed E-state index contributed by atoms with van der Waals surface area (Å²) in [7, 11) is 3.10. The fraction of sp³-hybridized carbons (Fsp3) is 0.296. The Balaban J connectivity index is 1.43. The van der Waals surface area contributed by atoms with Gasteiger partial charge in [-0.15, -0.1) is 0 Å². The van der Waals surface area contributed by atoms with Crippen LogP contribution in [0.3, 0.4) is 0 Å². The van der Waals surface area contributed by atoms with E-state index in [2.05, 4.69) is 25.7 Å². The zero-order chi connectivity index (χ0) is 26.8. The van der Waals surface area contributed by atoms with E-state index < -0.39 is 23.6 Å². The van der Waals surface area contributed by atoms with Crippen molar-refractivity contribution in [3.8, 4) is 5.75 Å². The molecule has 11 heteroatoms. The summed E-state index contributed by atoms with van der Waals surface area (Å²) in [5.74, 6) is -1.18. The van der Waals surface area contributed by atoms with Crippen LogP contribution in [0.4, 0.5) is 14.7 Å². The van der Waals surface area contributed by atoms with Crippen molar-refractivity contribution < 1.29 is 23.1 Å². The smallest absolute Gasteiger partial charge is 0.252 e. The third-order valence-corrected chi connectivity index (χ3v) is 6.63. The van der Waals surface area contributed by atoms with Gasteiger partial charge in [-0.1, -0.05) is 6.07 Å². The van der Waals surface area contributed by atoms with Crippen LogP contribution in [0.25, 0.3) is 10.9 Å². The molecular weight excluding hydrogens is 494 g/mol. The van der Waals surface area contributed by atoms with Gasteiger partial charge in [0.1, 0.15) is 11.6 Å². The predicted octanol–water partition coefficient (Wildman–Crippen LogP) is 4.09. The number of amides is 1. The number of hydrogen-bond donors (Lipinski definition) is 2. The third kappa shape index (κ3) is 5.31. The molecule has 0 saturated heterocycles. The van der Waals surface area contributed by atoms with Gasteiger partial charge >= 0.3 is 0 Å². The van der Waals surface area contributed by atoms with Gasteiger partial charge in [0.25, 0.3) is 5.91 Å². The molecule has 1 aliphatic carbocycles. The number of ketones is 1. The minimum atomic E-state index is -0.757. The Morgan fingerprint density at radius 1 is 1.11 bits per heavy atom. The molecule has 38 heavy (non-hydrogen) atoms. The first-order valence-corrected chi connectivity index (χ1v) is 12.2. The maximum Gasteiger partial charge on any atom is 0.252 e. The molecule has 1 aliphatic rings. The third-order valence-electron chi connectivity index (χ3n) is 6.63. The van der Waals surface area contributed by atoms with Crippen LogP contribution in [0, 0.1) is 11.6 Å². The molecule has 0 spiro atoms. The summed E-state index contributed by atoms with van der Waals surface area (Å²) in [5, 5.41) is 10.4. The lowest BCUT2D eigenvalue weighted by molar-refractivity contribution is -0.120. The second-order valence-electron chi connectivity index (χ2n) is 9.29. The Morgan fingerprint density at radius 2 is 1.89 bits per heavy atom. The van der Waals surface area contributed by atoms with E-state index >= 15 is 0 Å². The summed E-state index contributed by atoms with van der Waals surface area (Å²) in [4.78, 5) is 33.5. The van der Waals surface area contributed by atoms with Gasteiger partial charge in [-0.2, -0.15) is 5.10 Å². The number of nitrogens with one attached hydrogen (secondary N) is 2. The summed E-state index contributed by atoms with van der Waals surface area (Å²) >= 11 is 0. The molecule has 1 atom stereocenters. The zero-order valence-electron chi connectivity index (χ0n) is 20.9. The summed E-state index contributed by atoms with van der Waals surface area (Å²) in [5.41, 5.74) is 1.39. The maximum atomic E-state index is 15.0. The van der Waals surface area contributed by atoms with Crippen LogP contribution < -0.4 is 15.4 Å². The quantitative estimate of drug-likeness (QED) is 0.378. The molecule has 1 saturated carbocycles. The van der Waals surface area contributed by atoms with Gasteiger partial charge in [-0.3, -0.25) is 14.3 Å². The number of methoxy groups -OCH3 is 1. The van der Waals surface area contributed by atoms with Crippen LogP contribution in [-0.4, -0.2) is 44.6 Å². The highest BCUT2D eigenvalue weighted by Gasteiger charge is 2.23. The minimum Gasteiger partial charge on any atom is -0.494 e. The standard InChI is InChI=1S/C27H26F2N6O3/c1-35-14-17(12-31-35)25(15-3-8-24(38-2)22(29)9-15)34-26(37)16-10-21(28)20-13-30-27(33-23(20)11-16)32-18-4-6-19(36)7-5-18/h3,8-14,18,25H,4-7H2,1-2H3,(H,34,37)(H,30,32,33)/t25-/m0/s1. The molecule has 2 N–H and O–H groups in total. The average molecular weight is 521 g/mol. The highest BCUT2D eigenvalue weighted by Crippen LogP contribution is 2.28. The van der Waals surface area contributed by atoms with Crippen molar-refractivity contribution in [2.24, 2.45) is 7.05 Å². The molecule has 0 bridgehead atoms. The summed E-state index contributed by atoms with van der Waals surface area (Å²) in [6.07, 6.45) is 7.00. The molecule has 9 nitrogen and oxygen atoms in total. The predicted molar refractivity (Wildman–Crippen MR) is 136 cm³/mol. The van der Waals surface area contributed by atoms with Crippen molar-refractivity contribution in [1.82, 2.24) is 25.1 Å². The molecule has 0 aliphatic heterocycles. The number of carbonyl (C=O) groups excluding carboxylic acids is 2. The van der Waals surface area contributed by atoms with E-state index in [-0.39, 0.29) is 34.0 Å². The minimum absolute atomic E-state index is 0.0470. The molecule has 5 rings (SSSR count). The Kier molecular flexibility index (Phi) is 6.99. The first kappa shape index (κ1) is 25.2. The summed E-state index contributed by atoms with van der Waals surface area (Å²) in [6, 6.07) is 6.30. The lowest BCUT2D eigenvalue weighted by Crippen LogP contribution is -2.29. The Labute approximate surface area is 217 Å². The van der Waals surface area contributed by atoms with Gasteiger partial charge in [-0.25, -0.2) is 18.7 Å². The van der Waals surface area contributed by atoms with Crippen molar-refractivity contribution in [2.45, 2.75) is 37.8 Å². The number of aromatic nitrogens is 4. The van der Waals surface area contributed by atoms with Crippen LogP contribution in [0.5, 0.6) is 5.75 Å². The Hall–Kier alpha value is -4.41. The number of rotatable bonds is 7. The molecule has 0 unspecified atom stereocenters. The number of anilines is 1. The zero-order valence-corrected chi connectivity index (χ0v) is 20.9. The van der Waals surface area contributed by atoms with Crippen LogP contribution in [0.2, 0.25) is 0 Å². The SMILES string of the molecule is COc1ccc([C@H](NC(=O)c2cc(F)c3cnc(NC4CCC(=O)CC4)nc3c2)c2cnn(C)c2)cc1F. The molecule has 2 aromatic heterocycles. The summed E-state index contributed by atoms with van der Waals surface area (Å²) in [6.45, 7) is 0. The van der Waals surface area contributed by atoms with E-state index in [9.17, 15) is 18.4 Å². The van der Waals surface area contributed by atoms with Gasteiger partial charge in [0.05, 0.1) is 30.3 Å². The van der Waals surface area contributed by atoms with Crippen LogP contribution in [-0.2, 0) is 11.8 Å². The lowest BCUT2D eigenvalue weighted by atomic mass is 9.94. The monoisotopic (exact) mass is 520 g/mol. The number of nitrogens with zero attached hydrogens (tertiary/aromatic N) is 4. The highest BCUT2D eigenvalue weighted by molar-refractivity contribution is 5.98. The first-order chi connectivity index (χ1) is 18.3. The highest BCUT2D eigenvalue weighted by atomic mass is 19.1. The van der Waals surface area contributed by atoms with Crippen LogP contribution in [0.15, 0.2) is 48.9 Å². The van der Waals surface area contributed by atoms with Gasteiger partial charge in [0.2, 0.25) is 5.95 Å². The number of Topliss-reactive ketones (excluding diaryl/α,β-unsaturated/α-hetero) is 1. The second kappa shape index (κ2) is 10.5. The fourth-order valence-corrected chi connectivity index (χ4v) is 4.58. The fourth-order valence-electron chi connectivity index (χ4n) is 4.58. The number of aryl methyl sites for hydroxylation is 1. The van der Waals surface area contributed by atoms with E-state index in [1.54, 1.807) is 30.2 Å². The average Bonchev–Trinajstić information content (AvgIpc) is 3.34. The number of halogens is 2. The number of benzene rings is 2. The Morgan fingerprint density at radius 3 is 2.58 bits per heavy atom. The molecule has 1 amide bonds. The lowest BCUT2D eigenvalue weighted by Gasteiger charge is -2.22. The molecular formula is C27H26F2N6O3. The van der Waals surface area contributed by atoms with Crippen molar-refractivity contribution >= 4 is 28.5 Å². The van der Waals surface area contributed by atoms with Crippen molar-refractivity contribution in [2.75, 3.05) is 12.4 Å². The van der Waals surface area contributed by atoms with E-state index in [1.165, 1.54) is 31.5 Å². The summed E-state index contributed by atoms with van der Waals surface area (Å²) < 4.78 is 36.0. The molecule has 1 fully saturated rings. The van der Waals surface area contributed by atoms with E-state index in [0.717, 1.165) is 6.07 Å². The molecule has 2 heterocycles. The molecule has 196 valence electrons. The normalized spacial score (nSPS) is 14.9. The number of fused-ring (bicyclic) bond motifs is 1. The van der Waals surface area contributed by atoms with E-state index in [0.29, 0.717) is 42.8 Å². The molecule has 4 aromatic rings. The molecule has 0 radical (unpaired) electrons. The number of hydrogen-bond acceptors (Lipinski definition) is 7. The van der Waals surface area contributed by atoms with E-state index in [4.69, 9.17) is 4.74 Å². The van der Waals surface area contributed by atoms with E-state index in [1.807, 2.05) is 0 Å². The topological polar surface area (TPSA) is 111 Å². The van der Waals surface area contributed by atoms with Crippen molar-refractivity contribution in [3.05, 3.63) is 77.2 Å². The van der Waals surface area contributed by atoms with Crippen LogP contribution >= 0.6 is 0 Å². The largest absolute Gasteiger partial charge is 0.494 e. The van der Waals surface area contributed by atoms with Gasteiger partial charge in [0.15, 0.2) is 11.6 Å². The molecule has 2 aromatic carbocycles. The number of ether oxygens (including phenoxy) is 1. The number of carbonyl (C=O) groups is 2. The Bertz CT molecular complexity index is 1510. The van der Waals surface area contributed by atoms with Gasteiger partial charge in [-0.05, 0) is 42.7 Å². The van der Waals surface area contributed by atoms with Crippen molar-refractivity contribution in [1.29, 1.82) is 0 Å².